The normalized spacial score (nSPS) is 20.6. The molecule has 1 aliphatic heterocycles. The molecular formula is C35H54N4O7S. The number of benzene rings is 2. The molecule has 2 N–H and O–H groups in total. The van der Waals surface area contributed by atoms with E-state index in [1.807, 2.05) is 34.9 Å². The molecule has 0 fully saturated rings. The van der Waals surface area contributed by atoms with Crippen LogP contribution in [0.5, 0.6) is 5.75 Å². The molecule has 2 aromatic carbocycles. The number of carbonyl (C=O) groups excluding carboxylic acids is 2. The minimum Gasteiger partial charge on any atom is -0.490 e. The first-order chi connectivity index (χ1) is 22.2. The third kappa shape index (κ3) is 11.5. The van der Waals surface area contributed by atoms with Crippen LogP contribution in [0.4, 0.5) is 5.69 Å². The number of sulfonamides is 1. The van der Waals surface area contributed by atoms with Gasteiger partial charge in [-0.25, -0.2) is 8.42 Å². The highest BCUT2D eigenvalue weighted by Crippen LogP contribution is 2.29. The number of rotatable bonds is 11. The summed E-state index contributed by atoms with van der Waals surface area (Å²) >= 11 is 0. The Kier molecular flexibility index (Phi) is 14.5. The van der Waals surface area contributed by atoms with Gasteiger partial charge < -0.3 is 29.3 Å². The molecule has 1 aliphatic rings. The third-order valence-corrected chi connectivity index (χ3v) is 9.91. The average molecular weight is 675 g/mol. The molecule has 11 nitrogen and oxygen atoms in total. The van der Waals surface area contributed by atoms with Crippen molar-refractivity contribution in [1.29, 1.82) is 0 Å². The van der Waals surface area contributed by atoms with E-state index < -0.39 is 22.0 Å². The fourth-order valence-electron chi connectivity index (χ4n) is 5.49. The Morgan fingerprint density at radius 2 is 1.81 bits per heavy atom. The van der Waals surface area contributed by atoms with Gasteiger partial charge in [0.2, 0.25) is 5.91 Å². The minimum absolute atomic E-state index is 0.0410. The third-order valence-electron chi connectivity index (χ3n) is 8.51. The second-order valence-corrected chi connectivity index (χ2v) is 14.8. The summed E-state index contributed by atoms with van der Waals surface area (Å²) in [6.07, 6.45) is 3.00. The lowest BCUT2D eigenvalue weighted by Gasteiger charge is -2.36. The standard InChI is InChI=1S/C35H54N4O7S/c1-25-13-16-30(17-14-25)47(43,44)36-29-15-18-32-31(21-29)35(42)39(27(3)24-40)22-26(2)33(45-20-9-8-11-28(4)46-32)23-38(7)34(41)12-10-19-37(5)6/h13-18,21,26-28,33,36,40H,8-12,19-20,22-24H2,1-7H3/t26-,27-,28-,33-/m0/s1. The molecule has 47 heavy (non-hydrogen) atoms. The van der Waals surface area contributed by atoms with Gasteiger partial charge in [-0.15, -0.1) is 0 Å². The van der Waals surface area contributed by atoms with Gasteiger partial charge in [0.1, 0.15) is 5.75 Å². The van der Waals surface area contributed by atoms with E-state index >= 15 is 0 Å². The van der Waals surface area contributed by atoms with Crippen molar-refractivity contribution < 1.29 is 32.6 Å². The first-order valence-corrected chi connectivity index (χ1v) is 18.0. The van der Waals surface area contributed by atoms with Crippen LogP contribution in [-0.2, 0) is 19.6 Å². The van der Waals surface area contributed by atoms with E-state index in [4.69, 9.17) is 9.47 Å². The van der Waals surface area contributed by atoms with Crippen LogP contribution in [0.2, 0.25) is 0 Å². The van der Waals surface area contributed by atoms with Crippen LogP contribution in [0.15, 0.2) is 47.4 Å². The molecule has 0 bridgehead atoms. The first-order valence-electron chi connectivity index (χ1n) is 16.5. The molecule has 1 heterocycles. The summed E-state index contributed by atoms with van der Waals surface area (Å²) in [4.78, 5) is 32.7. The Labute approximate surface area is 281 Å². The lowest BCUT2D eigenvalue weighted by atomic mass is 10.0. The number of fused-ring (bicyclic) bond motifs is 1. The molecule has 2 aromatic rings. The maximum atomic E-state index is 14.3. The smallest absolute Gasteiger partial charge is 0.261 e. The largest absolute Gasteiger partial charge is 0.490 e. The van der Waals surface area contributed by atoms with Crippen LogP contribution in [0, 0.1) is 12.8 Å². The van der Waals surface area contributed by atoms with Crippen molar-refractivity contribution in [3.05, 3.63) is 53.6 Å². The van der Waals surface area contributed by atoms with Gasteiger partial charge >= 0.3 is 0 Å². The van der Waals surface area contributed by atoms with Crippen LogP contribution in [0.1, 0.15) is 68.8 Å². The SMILES string of the molecule is Cc1ccc(S(=O)(=O)Nc2ccc3c(c2)C(=O)N([C@@H](C)CO)C[C@H](C)[C@H](CN(C)C(=O)CCCN(C)C)OCCCC[C@H](C)O3)cc1. The summed E-state index contributed by atoms with van der Waals surface area (Å²) < 4.78 is 41.6. The number of aryl methyl sites for hydroxylation is 1. The Bertz CT molecular complexity index is 1420. The topological polar surface area (TPSA) is 129 Å². The average Bonchev–Trinajstić information content (AvgIpc) is 3.02. The number of nitrogens with zero attached hydrogens (tertiary/aromatic N) is 3. The van der Waals surface area contributed by atoms with E-state index in [9.17, 15) is 23.1 Å². The number of aliphatic hydroxyl groups excluding tert-OH is 1. The second kappa shape index (κ2) is 17.8. The van der Waals surface area contributed by atoms with Crippen molar-refractivity contribution in [2.45, 2.75) is 82.9 Å². The van der Waals surface area contributed by atoms with Gasteiger partial charge in [-0.1, -0.05) is 24.6 Å². The van der Waals surface area contributed by atoms with E-state index in [-0.39, 0.29) is 53.3 Å². The first kappa shape index (κ1) is 38.3. The lowest BCUT2D eigenvalue weighted by Crippen LogP contribution is -2.48. The monoisotopic (exact) mass is 674 g/mol. The zero-order valence-corrected chi connectivity index (χ0v) is 29.9. The Morgan fingerprint density at radius 1 is 1.11 bits per heavy atom. The van der Waals surface area contributed by atoms with Gasteiger partial charge in [-0.05, 0) is 97.4 Å². The zero-order valence-electron chi connectivity index (χ0n) is 29.1. The van der Waals surface area contributed by atoms with Crippen molar-refractivity contribution in [3.8, 4) is 5.75 Å². The highest BCUT2D eigenvalue weighted by atomic mass is 32.2. The molecule has 12 heteroatoms. The van der Waals surface area contributed by atoms with Crippen LogP contribution in [-0.4, -0.2) is 112 Å². The van der Waals surface area contributed by atoms with Crippen molar-refractivity contribution in [2.75, 3.05) is 58.7 Å². The molecule has 262 valence electrons. The molecule has 3 rings (SSSR count). The Morgan fingerprint density at radius 3 is 2.47 bits per heavy atom. The predicted octanol–water partition coefficient (Wildman–Crippen LogP) is 4.39. The van der Waals surface area contributed by atoms with E-state index in [1.54, 1.807) is 48.0 Å². The molecule has 0 aromatic heterocycles. The van der Waals surface area contributed by atoms with Gasteiger partial charge in [0.05, 0.1) is 35.3 Å². The Hall–Kier alpha value is -3.19. The molecule has 0 aliphatic carbocycles. The molecule has 2 amide bonds. The molecular weight excluding hydrogens is 620 g/mol. The number of amides is 2. The highest BCUT2D eigenvalue weighted by Gasteiger charge is 2.31. The maximum absolute atomic E-state index is 14.3. The van der Waals surface area contributed by atoms with Crippen LogP contribution < -0.4 is 9.46 Å². The number of hydrogen-bond acceptors (Lipinski definition) is 8. The number of anilines is 1. The van der Waals surface area contributed by atoms with Gasteiger partial charge in [-0.3, -0.25) is 14.3 Å². The molecule has 4 atom stereocenters. The number of aliphatic hydroxyl groups is 1. The number of likely N-dealkylation sites (N-methyl/N-ethyl adjacent to an activating group) is 1. The molecule has 0 saturated carbocycles. The molecule has 0 radical (unpaired) electrons. The second-order valence-electron chi connectivity index (χ2n) is 13.1. The van der Waals surface area contributed by atoms with Crippen LogP contribution >= 0.6 is 0 Å². The van der Waals surface area contributed by atoms with Crippen molar-refractivity contribution in [3.63, 3.8) is 0 Å². The van der Waals surface area contributed by atoms with E-state index in [1.165, 1.54) is 18.2 Å². The van der Waals surface area contributed by atoms with Crippen LogP contribution in [0.3, 0.4) is 0 Å². The Balaban J connectivity index is 1.93. The maximum Gasteiger partial charge on any atom is 0.261 e. The minimum atomic E-state index is -3.92. The summed E-state index contributed by atoms with van der Waals surface area (Å²) in [7, 11) is 1.83. The van der Waals surface area contributed by atoms with E-state index in [2.05, 4.69) is 9.62 Å². The summed E-state index contributed by atoms with van der Waals surface area (Å²) in [5.74, 6) is -0.212. The molecule has 0 unspecified atom stereocenters. The molecule has 0 spiro atoms. The van der Waals surface area contributed by atoms with Crippen molar-refractivity contribution in [1.82, 2.24) is 14.7 Å². The molecule has 0 saturated heterocycles. The zero-order chi connectivity index (χ0) is 34.7. The van der Waals surface area contributed by atoms with E-state index in [0.717, 1.165) is 37.8 Å². The highest BCUT2D eigenvalue weighted by molar-refractivity contribution is 7.92. The summed E-state index contributed by atoms with van der Waals surface area (Å²) in [5.41, 5.74) is 1.34. The van der Waals surface area contributed by atoms with Gasteiger partial charge in [0.25, 0.3) is 15.9 Å². The summed E-state index contributed by atoms with van der Waals surface area (Å²) in [5, 5.41) is 10.2. The number of hydrogen-bond donors (Lipinski definition) is 2. The number of ether oxygens (including phenoxy) is 2. The fraction of sp³-hybridized carbons (Fsp3) is 0.600. The quantitative estimate of drug-likeness (QED) is 0.359. The lowest BCUT2D eigenvalue weighted by molar-refractivity contribution is -0.132. The number of nitrogens with one attached hydrogen (secondary N) is 1. The van der Waals surface area contributed by atoms with Crippen LogP contribution in [0.25, 0.3) is 0 Å². The van der Waals surface area contributed by atoms with Gasteiger partial charge in [-0.2, -0.15) is 0 Å². The summed E-state index contributed by atoms with van der Waals surface area (Å²) in [6.45, 7) is 9.23. The fourth-order valence-corrected chi connectivity index (χ4v) is 6.54. The van der Waals surface area contributed by atoms with Crippen molar-refractivity contribution >= 4 is 27.5 Å². The predicted molar refractivity (Wildman–Crippen MR) is 184 cm³/mol. The number of carbonyl (C=O) groups is 2. The van der Waals surface area contributed by atoms with E-state index in [0.29, 0.717) is 25.3 Å². The van der Waals surface area contributed by atoms with Gasteiger partial charge in [0, 0.05) is 44.8 Å². The van der Waals surface area contributed by atoms with Gasteiger partial charge in [0.15, 0.2) is 0 Å². The van der Waals surface area contributed by atoms with Crippen molar-refractivity contribution in [2.24, 2.45) is 5.92 Å². The summed E-state index contributed by atoms with van der Waals surface area (Å²) in [6, 6.07) is 10.7.